The van der Waals surface area contributed by atoms with Gasteiger partial charge in [-0.15, -0.1) is 0 Å². The van der Waals surface area contributed by atoms with E-state index in [-0.39, 0.29) is 11.8 Å². The summed E-state index contributed by atoms with van der Waals surface area (Å²) >= 11 is 0. The van der Waals surface area contributed by atoms with Crippen LogP contribution in [0.3, 0.4) is 0 Å². The predicted molar refractivity (Wildman–Crippen MR) is 102 cm³/mol. The molecule has 1 heterocycles. The van der Waals surface area contributed by atoms with Crippen LogP contribution < -0.4 is 10.6 Å². The minimum Gasteiger partial charge on any atom is -0.326 e. The third kappa shape index (κ3) is 3.69. The Morgan fingerprint density at radius 2 is 1.54 bits per heavy atom. The highest BCUT2D eigenvalue weighted by atomic mass is 16.2. The molecular weight excluding hydrogens is 328 g/mol. The molecule has 2 N–H and O–H groups in total. The van der Waals surface area contributed by atoms with E-state index < -0.39 is 0 Å². The van der Waals surface area contributed by atoms with Gasteiger partial charge in [0, 0.05) is 23.9 Å². The van der Waals surface area contributed by atoms with E-state index in [0.717, 1.165) is 28.2 Å². The number of aromatic nitrogens is 2. The average Bonchev–Trinajstić information content (AvgIpc) is 2.57. The van der Waals surface area contributed by atoms with Crippen LogP contribution in [0.25, 0.3) is 11.0 Å². The Balaban J connectivity index is 1.83. The summed E-state index contributed by atoms with van der Waals surface area (Å²) in [5.74, 6) is -0.355. The fraction of sp³-hybridized carbons (Fsp3) is 0.200. The van der Waals surface area contributed by atoms with Gasteiger partial charge in [-0.1, -0.05) is 0 Å². The molecule has 0 aliphatic rings. The summed E-state index contributed by atoms with van der Waals surface area (Å²) in [6.45, 7) is 7.14. The van der Waals surface area contributed by atoms with Gasteiger partial charge in [0.25, 0.3) is 5.91 Å². The van der Waals surface area contributed by atoms with Gasteiger partial charge >= 0.3 is 0 Å². The van der Waals surface area contributed by atoms with Gasteiger partial charge in [0.1, 0.15) is 0 Å². The summed E-state index contributed by atoms with van der Waals surface area (Å²) in [4.78, 5) is 32.7. The molecule has 0 saturated heterocycles. The molecule has 0 spiro atoms. The van der Waals surface area contributed by atoms with Crippen LogP contribution in [0, 0.1) is 20.8 Å². The number of nitrogens with one attached hydrogen (secondary N) is 2. The molecule has 0 atom stereocenters. The van der Waals surface area contributed by atoms with Crippen molar-refractivity contribution in [3.63, 3.8) is 0 Å². The number of aryl methyl sites for hydroxylation is 3. The van der Waals surface area contributed by atoms with Crippen molar-refractivity contribution >= 4 is 34.2 Å². The largest absolute Gasteiger partial charge is 0.326 e. The highest BCUT2D eigenvalue weighted by Gasteiger charge is 2.10. The van der Waals surface area contributed by atoms with Crippen molar-refractivity contribution in [1.29, 1.82) is 0 Å². The molecular formula is C20H20N4O2. The van der Waals surface area contributed by atoms with E-state index in [9.17, 15) is 9.59 Å². The number of carbonyl (C=O) groups excluding carboxylic acids is 2. The molecule has 1 aromatic heterocycles. The molecule has 0 saturated carbocycles. The lowest BCUT2D eigenvalue weighted by Gasteiger charge is -2.10. The first-order valence-electron chi connectivity index (χ1n) is 8.28. The second kappa shape index (κ2) is 6.92. The molecule has 6 nitrogen and oxygen atoms in total. The molecule has 3 aromatic rings. The normalized spacial score (nSPS) is 10.6. The maximum atomic E-state index is 12.6. The van der Waals surface area contributed by atoms with Gasteiger partial charge in [-0.2, -0.15) is 0 Å². The number of carbonyl (C=O) groups is 2. The van der Waals surface area contributed by atoms with Crippen molar-refractivity contribution in [2.45, 2.75) is 27.7 Å². The summed E-state index contributed by atoms with van der Waals surface area (Å²) in [5.41, 5.74) is 5.95. The maximum absolute atomic E-state index is 12.6. The second-order valence-electron chi connectivity index (χ2n) is 6.26. The highest BCUT2D eigenvalue weighted by Crippen LogP contribution is 2.21. The van der Waals surface area contributed by atoms with E-state index in [1.54, 1.807) is 30.3 Å². The zero-order valence-electron chi connectivity index (χ0n) is 15.2. The zero-order valence-corrected chi connectivity index (χ0v) is 15.2. The lowest BCUT2D eigenvalue weighted by atomic mass is 10.1. The summed E-state index contributed by atoms with van der Waals surface area (Å²) in [5, 5.41) is 5.62. The Bertz CT molecular complexity index is 1030. The van der Waals surface area contributed by atoms with Gasteiger partial charge < -0.3 is 10.6 Å². The first kappa shape index (κ1) is 17.5. The van der Waals surface area contributed by atoms with E-state index in [4.69, 9.17) is 0 Å². The Hall–Kier alpha value is -3.28. The Labute approximate surface area is 151 Å². The van der Waals surface area contributed by atoms with Crippen molar-refractivity contribution in [2.24, 2.45) is 0 Å². The van der Waals surface area contributed by atoms with Gasteiger partial charge in [0.15, 0.2) is 0 Å². The Morgan fingerprint density at radius 1 is 0.846 bits per heavy atom. The number of benzene rings is 2. The zero-order chi connectivity index (χ0) is 18.8. The topological polar surface area (TPSA) is 84.0 Å². The van der Waals surface area contributed by atoms with Gasteiger partial charge in [0.05, 0.1) is 22.4 Å². The summed E-state index contributed by atoms with van der Waals surface area (Å²) in [6.07, 6.45) is 0. The van der Waals surface area contributed by atoms with E-state index >= 15 is 0 Å². The second-order valence-corrected chi connectivity index (χ2v) is 6.26. The van der Waals surface area contributed by atoms with Crippen LogP contribution in [0.1, 0.15) is 34.2 Å². The smallest absolute Gasteiger partial charge is 0.255 e. The molecule has 2 aromatic carbocycles. The van der Waals surface area contributed by atoms with Gasteiger partial charge in [-0.3, -0.25) is 9.59 Å². The minimum absolute atomic E-state index is 0.132. The summed E-state index contributed by atoms with van der Waals surface area (Å²) in [6, 6.07) is 10.6. The lowest BCUT2D eigenvalue weighted by molar-refractivity contribution is -0.114. The molecule has 0 radical (unpaired) electrons. The van der Waals surface area contributed by atoms with Gasteiger partial charge in [0.2, 0.25) is 5.91 Å². The monoisotopic (exact) mass is 348 g/mol. The average molecular weight is 348 g/mol. The van der Waals surface area contributed by atoms with Crippen LogP contribution in [-0.2, 0) is 4.79 Å². The van der Waals surface area contributed by atoms with Gasteiger partial charge in [-0.25, -0.2) is 9.97 Å². The highest BCUT2D eigenvalue weighted by molar-refractivity contribution is 6.06. The first-order valence-corrected chi connectivity index (χ1v) is 8.28. The molecule has 132 valence electrons. The van der Waals surface area contributed by atoms with Crippen LogP contribution in [0.5, 0.6) is 0 Å². The van der Waals surface area contributed by atoms with Crippen LogP contribution in [0.15, 0.2) is 36.4 Å². The number of fused-ring (bicyclic) bond motifs is 1. The number of hydrogen-bond acceptors (Lipinski definition) is 4. The summed E-state index contributed by atoms with van der Waals surface area (Å²) in [7, 11) is 0. The van der Waals surface area contributed by atoms with E-state index in [1.165, 1.54) is 6.92 Å². The SMILES string of the molecule is CC(=O)Nc1ccc(NC(=O)c2ccc3nc(C)c(C)nc3c2)cc1C. The molecule has 0 aliphatic heterocycles. The molecule has 2 amide bonds. The van der Waals surface area contributed by atoms with Crippen LogP contribution in [0.4, 0.5) is 11.4 Å². The molecule has 0 unspecified atom stereocenters. The maximum Gasteiger partial charge on any atom is 0.255 e. The molecule has 0 fully saturated rings. The van der Waals surface area contributed by atoms with Crippen molar-refractivity contribution in [3.05, 3.63) is 58.9 Å². The molecule has 26 heavy (non-hydrogen) atoms. The molecule has 0 aliphatic carbocycles. The molecule has 3 rings (SSSR count). The van der Waals surface area contributed by atoms with Gasteiger partial charge in [-0.05, 0) is 62.7 Å². The van der Waals surface area contributed by atoms with Crippen LogP contribution in [0.2, 0.25) is 0 Å². The number of rotatable bonds is 3. The predicted octanol–water partition coefficient (Wildman–Crippen LogP) is 3.77. The molecule has 0 bridgehead atoms. The third-order valence-corrected chi connectivity index (χ3v) is 4.13. The number of nitrogens with zero attached hydrogens (tertiary/aromatic N) is 2. The standard InChI is InChI=1S/C20H20N4O2/c1-11-9-16(6-8-17(11)23-14(4)25)24-20(26)15-5-7-18-19(10-15)22-13(3)12(2)21-18/h5-10H,1-4H3,(H,23,25)(H,24,26). The minimum atomic E-state index is -0.224. The van der Waals surface area contributed by atoms with Crippen LogP contribution in [-0.4, -0.2) is 21.8 Å². The summed E-state index contributed by atoms with van der Waals surface area (Å²) < 4.78 is 0. The molecule has 6 heteroatoms. The Morgan fingerprint density at radius 3 is 2.19 bits per heavy atom. The fourth-order valence-electron chi connectivity index (χ4n) is 2.65. The fourth-order valence-corrected chi connectivity index (χ4v) is 2.65. The van der Waals surface area contributed by atoms with Crippen molar-refractivity contribution in [3.8, 4) is 0 Å². The first-order chi connectivity index (χ1) is 12.3. The number of hydrogen-bond donors (Lipinski definition) is 2. The van der Waals surface area contributed by atoms with Crippen molar-refractivity contribution < 1.29 is 9.59 Å². The van der Waals surface area contributed by atoms with Crippen molar-refractivity contribution in [2.75, 3.05) is 10.6 Å². The lowest BCUT2D eigenvalue weighted by Crippen LogP contribution is -2.13. The number of anilines is 2. The van der Waals surface area contributed by atoms with E-state index in [1.807, 2.05) is 26.8 Å². The van der Waals surface area contributed by atoms with E-state index in [0.29, 0.717) is 16.8 Å². The van der Waals surface area contributed by atoms with Crippen molar-refractivity contribution in [1.82, 2.24) is 9.97 Å². The third-order valence-electron chi connectivity index (χ3n) is 4.13. The quantitative estimate of drug-likeness (QED) is 0.755. The van der Waals surface area contributed by atoms with Crippen LogP contribution >= 0.6 is 0 Å². The number of amides is 2. The van der Waals surface area contributed by atoms with E-state index in [2.05, 4.69) is 20.6 Å². The Kier molecular flexibility index (Phi) is 4.67.